The molecular formula is C8H14N4O2. The number of nitrogens with one attached hydrogen (secondary N) is 3. The number of rotatable bonds is 1. The van der Waals surface area contributed by atoms with Crippen LogP contribution in [0.2, 0.25) is 0 Å². The van der Waals surface area contributed by atoms with Crippen LogP contribution in [0.15, 0.2) is 4.52 Å². The van der Waals surface area contributed by atoms with Gasteiger partial charge < -0.3 is 9.63 Å². The Kier molecular flexibility index (Phi) is 2.28. The molecule has 0 saturated heterocycles. The Morgan fingerprint density at radius 3 is 2.64 bits per heavy atom. The molecule has 0 radical (unpaired) electrons. The summed E-state index contributed by atoms with van der Waals surface area (Å²) in [5.74, 6) is 0. The molecule has 0 aromatic carbocycles. The van der Waals surface area contributed by atoms with E-state index >= 15 is 0 Å². The van der Waals surface area contributed by atoms with Crippen molar-refractivity contribution < 1.29 is 9.63 Å². The van der Waals surface area contributed by atoms with E-state index in [-0.39, 0.29) is 17.1 Å². The number of aromatic amines is 1. The molecule has 2 rings (SSSR count). The van der Waals surface area contributed by atoms with Gasteiger partial charge in [-0.3, -0.25) is 10.8 Å². The van der Waals surface area contributed by atoms with Gasteiger partial charge in [0.1, 0.15) is 0 Å². The number of aliphatic hydroxyl groups excluding tert-OH is 1. The van der Waals surface area contributed by atoms with E-state index in [1.807, 2.05) is 0 Å². The predicted octanol–water partition coefficient (Wildman–Crippen LogP) is -0.156. The summed E-state index contributed by atoms with van der Waals surface area (Å²) in [6, 6.07) is -0.140. The van der Waals surface area contributed by atoms with Crippen molar-refractivity contribution in [2.24, 2.45) is 0 Å². The molecule has 1 fully saturated rings. The van der Waals surface area contributed by atoms with E-state index in [1.165, 1.54) is 4.68 Å². The van der Waals surface area contributed by atoms with E-state index in [0.717, 1.165) is 25.7 Å². The van der Waals surface area contributed by atoms with Gasteiger partial charge in [-0.25, -0.2) is 4.68 Å². The SMILES string of the molecule is N=c1o[nH]n(C2CCCCC2O)c1=N. The van der Waals surface area contributed by atoms with Crippen LogP contribution in [0.3, 0.4) is 0 Å². The molecule has 1 aromatic heterocycles. The fourth-order valence-electron chi connectivity index (χ4n) is 1.92. The van der Waals surface area contributed by atoms with Gasteiger partial charge in [-0.1, -0.05) is 12.8 Å². The molecule has 1 saturated carbocycles. The summed E-state index contributed by atoms with van der Waals surface area (Å²) in [5.41, 5.74) is -0.196. The van der Waals surface area contributed by atoms with Crippen LogP contribution in [0, 0.1) is 10.8 Å². The molecule has 0 bridgehead atoms. The molecule has 6 heteroatoms. The second-order valence-electron chi connectivity index (χ2n) is 3.66. The third kappa shape index (κ3) is 1.41. The topological polar surface area (TPSA) is 102 Å². The summed E-state index contributed by atoms with van der Waals surface area (Å²) in [4.78, 5) is 0. The Labute approximate surface area is 80.1 Å². The van der Waals surface area contributed by atoms with Crippen LogP contribution >= 0.6 is 0 Å². The highest BCUT2D eigenvalue weighted by atomic mass is 16.5. The van der Waals surface area contributed by atoms with Crippen LogP contribution < -0.4 is 11.0 Å². The lowest BCUT2D eigenvalue weighted by molar-refractivity contribution is 0.0606. The van der Waals surface area contributed by atoms with Crippen LogP contribution in [-0.4, -0.2) is 21.2 Å². The first-order valence-electron chi connectivity index (χ1n) is 4.77. The number of hydrogen-bond donors (Lipinski definition) is 4. The molecule has 1 aromatic rings. The largest absolute Gasteiger partial charge is 0.391 e. The Balaban J connectivity index is 2.34. The molecule has 4 N–H and O–H groups in total. The molecule has 0 spiro atoms. The summed E-state index contributed by atoms with van der Waals surface area (Å²) >= 11 is 0. The fraction of sp³-hybridized carbons (Fsp3) is 0.750. The Hall–Kier alpha value is -1.30. The van der Waals surface area contributed by atoms with Gasteiger partial charge in [0.05, 0.1) is 12.1 Å². The highest BCUT2D eigenvalue weighted by Gasteiger charge is 2.26. The second kappa shape index (κ2) is 3.45. The maximum absolute atomic E-state index is 9.73. The molecule has 0 aliphatic heterocycles. The average molecular weight is 198 g/mol. The maximum Gasteiger partial charge on any atom is 0.284 e. The molecule has 1 aliphatic rings. The van der Waals surface area contributed by atoms with E-state index in [0.29, 0.717) is 0 Å². The molecule has 6 nitrogen and oxygen atoms in total. The Morgan fingerprint density at radius 1 is 1.36 bits per heavy atom. The number of hydrogen-bond acceptors (Lipinski definition) is 4. The van der Waals surface area contributed by atoms with Gasteiger partial charge in [0, 0.05) is 0 Å². The quantitative estimate of drug-likeness (QED) is 0.504. The number of H-pyrrole nitrogens is 1. The summed E-state index contributed by atoms with van der Waals surface area (Å²) in [6.07, 6.45) is 3.21. The first kappa shape index (κ1) is 9.26. The summed E-state index contributed by atoms with van der Waals surface area (Å²) in [7, 11) is 0. The predicted molar refractivity (Wildman–Crippen MR) is 46.3 cm³/mol. The van der Waals surface area contributed by atoms with Crippen LogP contribution in [0.5, 0.6) is 0 Å². The van der Waals surface area contributed by atoms with Crippen molar-refractivity contribution >= 4 is 0 Å². The van der Waals surface area contributed by atoms with Crippen molar-refractivity contribution in [3.8, 4) is 0 Å². The zero-order valence-corrected chi connectivity index (χ0v) is 7.79. The van der Waals surface area contributed by atoms with Crippen molar-refractivity contribution in [1.29, 1.82) is 10.8 Å². The van der Waals surface area contributed by atoms with Gasteiger partial charge in [0.2, 0.25) is 5.49 Å². The molecule has 0 amide bonds. The molecule has 1 aliphatic carbocycles. The molecule has 1 heterocycles. The third-order valence-electron chi connectivity index (χ3n) is 2.73. The van der Waals surface area contributed by atoms with Crippen molar-refractivity contribution in [3.05, 3.63) is 11.0 Å². The average Bonchev–Trinajstić information content (AvgIpc) is 2.49. The van der Waals surface area contributed by atoms with Crippen molar-refractivity contribution in [2.45, 2.75) is 37.8 Å². The van der Waals surface area contributed by atoms with Crippen molar-refractivity contribution in [3.63, 3.8) is 0 Å². The van der Waals surface area contributed by atoms with Crippen molar-refractivity contribution in [2.75, 3.05) is 0 Å². The fourth-order valence-corrected chi connectivity index (χ4v) is 1.92. The second-order valence-corrected chi connectivity index (χ2v) is 3.66. The number of nitrogens with zero attached hydrogens (tertiary/aromatic N) is 1. The van der Waals surface area contributed by atoms with Crippen LogP contribution in [0.1, 0.15) is 31.7 Å². The first-order valence-corrected chi connectivity index (χ1v) is 4.77. The minimum absolute atomic E-state index is 0.00375. The molecular weight excluding hydrogens is 184 g/mol. The lowest BCUT2D eigenvalue weighted by Crippen LogP contribution is -2.37. The minimum atomic E-state index is -0.439. The lowest BCUT2D eigenvalue weighted by atomic mass is 9.93. The lowest BCUT2D eigenvalue weighted by Gasteiger charge is -2.27. The first-order chi connectivity index (χ1) is 6.70. The number of aromatic nitrogens is 2. The monoisotopic (exact) mass is 198 g/mol. The zero-order valence-electron chi connectivity index (χ0n) is 7.79. The van der Waals surface area contributed by atoms with Gasteiger partial charge in [0.25, 0.3) is 5.55 Å². The Bertz CT molecular complexity index is 415. The van der Waals surface area contributed by atoms with Crippen LogP contribution in [0.4, 0.5) is 0 Å². The third-order valence-corrected chi connectivity index (χ3v) is 2.73. The maximum atomic E-state index is 9.73. The summed E-state index contributed by atoms with van der Waals surface area (Å²) in [5, 5.41) is 27.0. The van der Waals surface area contributed by atoms with Gasteiger partial charge in [-0.05, 0) is 12.8 Å². The summed E-state index contributed by atoms with van der Waals surface area (Å²) in [6.45, 7) is 0. The van der Waals surface area contributed by atoms with Crippen molar-refractivity contribution in [1.82, 2.24) is 9.95 Å². The van der Waals surface area contributed by atoms with Crippen LogP contribution in [0.25, 0.3) is 0 Å². The highest BCUT2D eigenvalue weighted by molar-refractivity contribution is 4.79. The van der Waals surface area contributed by atoms with E-state index < -0.39 is 6.10 Å². The summed E-state index contributed by atoms with van der Waals surface area (Å²) < 4.78 is 6.14. The van der Waals surface area contributed by atoms with Gasteiger partial charge in [-0.2, -0.15) is 5.27 Å². The van der Waals surface area contributed by atoms with Crippen LogP contribution in [-0.2, 0) is 0 Å². The van der Waals surface area contributed by atoms with E-state index in [4.69, 9.17) is 15.3 Å². The molecule has 2 atom stereocenters. The molecule has 78 valence electrons. The van der Waals surface area contributed by atoms with Gasteiger partial charge >= 0.3 is 0 Å². The molecule has 2 unspecified atom stereocenters. The highest BCUT2D eigenvalue weighted by Crippen LogP contribution is 2.26. The molecule has 14 heavy (non-hydrogen) atoms. The normalized spacial score (nSPS) is 27.8. The standard InChI is InChI=1S/C8H14N4O2/c9-7-8(10)14-11-12(7)5-3-1-2-4-6(5)13/h5-6,9-11,13H,1-4H2. The van der Waals surface area contributed by atoms with E-state index in [1.54, 1.807) is 0 Å². The Morgan fingerprint density at radius 2 is 2.07 bits per heavy atom. The smallest absolute Gasteiger partial charge is 0.284 e. The van der Waals surface area contributed by atoms with E-state index in [2.05, 4.69) is 5.27 Å². The van der Waals surface area contributed by atoms with E-state index in [9.17, 15) is 5.11 Å². The number of aliphatic hydroxyl groups is 1. The zero-order chi connectivity index (χ0) is 10.1. The van der Waals surface area contributed by atoms with Gasteiger partial charge in [-0.15, -0.1) is 0 Å². The van der Waals surface area contributed by atoms with Gasteiger partial charge in [0.15, 0.2) is 0 Å². The minimum Gasteiger partial charge on any atom is -0.391 e.